The van der Waals surface area contributed by atoms with Crippen LogP contribution in [0.2, 0.25) is 0 Å². The molecular formula is C16H20N6O. The third kappa shape index (κ3) is 3.45. The highest BCUT2D eigenvalue weighted by molar-refractivity contribution is 5.82. The molecule has 2 heterocycles. The molecular weight excluding hydrogens is 292 g/mol. The Balaban J connectivity index is 2.00. The number of aryl methyl sites for hydroxylation is 1. The Kier molecular flexibility index (Phi) is 4.77. The van der Waals surface area contributed by atoms with Gasteiger partial charge < -0.3 is 10.4 Å². The lowest BCUT2D eigenvalue weighted by Crippen LogP contribution is -2.10. The van der Waals surface area contributed by atoms with Crippen LogP contribution in [-0.4, -0.2) is 43.2 Å². The van der Waals surface area contributed by atoms with Crippen molar-refractivity contribution in [2.45, 2.75) is 26.3 Å². The zero-order chi connectivity index (χ0) is 16.1. The molecule has 0 saturated heterocycles. The van der Waals surface area contributed by atoms with Crippen LogP contribution in [0.5, 0.6) is 0 Å². The number of hydrogen-bond acceptors (Lipinski definition) is 6. The van der Waals surface area contributed by atoms with E-state index in [0.29, 0.717) is 30.1 Å². The number of benzene rings is 1. The van der Waals surface area contributed by atoms with Gasteiger partial charge >= 0.3 is 0 Å². The first-order chi connectivity index (χ1) is 11.3. The fourth-order valence-electron chi connectivity index (χ4n) is 2.40. The summed E-state index contributed by atoms with van der Waals surface area (Å²) in [6.45, 7) is 3.16. The third-order valence-corrected chi connectivity index (χ3v) is 3.46. The molecule has 0 aliphatic rings. The molecule has 23 heavy (non-hydrogen) atoms. The molecule has 7 nitrogen and oxygen atoms in total. The first-order valence-electron chi connectivity index (χ1n) is 7.80. The van der Waals surface area contributed by atoms with Crippen LogP contribution in [0.25, 0.3) is 11.2 Å². The van der Waals surface area contributed by atoms with Crippen molar-refractivity contribution in [2.75, 3.05) is 18.5 Å². The molecule has 0 spiro atoms. The fourth-order valence-corrected chi connectivity index (χ4v) is 2.40. The lowest BCUT2D eigenvalue weighted by atomic mass is 10.2. The van der Waals surface area contributed by atoms with E-state index in [1.165, 1.54) is 0 Å². The van der Waals surface area contributed by atoms with Crippen LogP contribution in [0.3, 0.4) is 0 Å². The van der Waals surface area contributed by atoms with E-state index in [4.69, 9.17) is 5.11 Å². The second-order valence-electron chi connectivity index (χ2n) is 5.29. The van der Waals surface area contributed by atoms with E-state index in [1.807, 2.05) is 30.3 Å². The van der Waals surface area contributed by atoms with Crippen molar-refractivity contribution in [3.8, 4) is 0 Å². The van der Waals surface area contributed by atoms with E-state index in [0.717, 1.165) is 24.2 Å². The number of anilines is 1. The van der Waals surface area contributed by atoms with Crippen LogP contribution in [0.1, 0.15) is 24.7 Å². The summed E-state index contributed by atoms with van der Waals surface area (Å²) in [6.07, 6.45) is 1.76. The van der Waals surface area contributed by atoms with Gasteiger partial charge in [0.2, 0.25) is 0 Å². The van der Waals surface area contributed by atoms with Crippen LogP contribution in [0.15, 0.2) is 30.3 Å². The number of rotatable bonds is 7. The number of nitrogens with one attached hydrogen (secondary N) is 1. The van der Waals surface area contributed by atoms with E-state index in [1.54, 1.807) is 4.68 Å². The summed E-state index contributed by atoms with van der Waals surface area (Å²) < 4.78 is 1.79. The number of hydrogen-bond donors (Lipinski definition) is 2. The SMILES string of the molecule is CCCc1nc(NCCO)c2nnn(Cc3ccccc3)c2n1. The van der Waals surface area contributed by atoms with Crippen LogP contribution < -0.4 is 5.32 Å². The lowest BCUT2D eigenvalue weighted by molar-refractivity contribution is 0.311. The van der Waals surface area contributed by atoms with Crippen LogP contribution in [-0.2, 0) is 13.0 Å². The second-order valence-corrected chi connectivity index (χ2v) is 5.29. The maximum Gasteiger partial charge on any atom is 0.184 e. The monoisotopic (exact) mass is 312 g/mol. The Hall–Kier alpha value is -2.54. The molecule has 0 radical (unpaired) electrons. The van der Waals surface area contributed by atoms with Crippen LogP contribution in [0.4, 0.5) is 5.82 Å². The van der Waals surface area contributed by atoms with Gasteiger partial charge in [-0.1, -0.05) is 42.5 Å². The number of aliphatic hydroxyl groups is 1. The molecule has 0 unspecified atom stereocenters. The minimum Gasteiger partial charge on any atom is -0.395 e. The highest BCUT2D eigenvalue weighted by Crippen LogP contribution is 2.19. The molecule has 7 heteroatoms. The summed E-state index contributed by atoms with van der Waals surface area (Å²) in [7, 11) is 0. The van der Waals surface area contributed by atoms with Crippen molar-refractivity contribution in [3.63, 3.8) is 0 Å². The summed E-state index contributed by atoms with van der Waals surface area (Å²) in [5.41, 5.74) is 2.49. The van der Waals surface area contributed by atoms with E-state index in [-0.39, 0.29) is 6.61 Å². The maximum atomic E-state index is 9.03. The quantitative estimate of drug-likeness (QED) is 0.689. The molecule has 0 fully saturated rings. The van der Waals surface area contributed by atoms with Gasteiger partial charge in [-0.15, -0.1) is 5.10 Å². The Morgan fingerprint density at radius 3 is 2.74 bits per heavy atom. The van der Waals surface area contributed by atoms with E-state index in [9.17, 15) is 0 Å². The molecule has 0 amide bonds. The predicted octanol–water partition coefficient (Wildman–Crippen LogP) is 1.63. The van der Waals surface area contributed by atoms with Gasteiger partial charge in [0.15, 0.2) is 17.0 Å². The molecule has 0 bridgehead atoms. The summed E-state index contributed by atoms with van der Waals surface area (Å²) >= 11 is 0. The van der Waals surface area contributed by atoms with Gasteiger partial charge in [0.05, 0.1) is 13.2 Å². The molecule has 2 N–H and O–H groups in total. The maximum absolute atomic E-state index is 9.03. The molecule has 0 aliphatic carbocycles. The Morgan fingerprint density at radius 1 is 1.17 bits per heavy atom. The van der Waals surface area contributed by atoms with Gasteiger partial charge in [-0.05, 0) is 12.0 Å². The summed E-state index contributed by atoms with van der Waals surface area (Å²) in [6, 6.07) is 10.1. The van der Waals surface area contributed by atoms with Gasteiger partial charge in [-0.3, -0.25) is 0 Å². The van der Waals surface area contributed by atoms with Gasteiger partial charge in [0.25, 0.3) is 0 Å². The Labute approximate surface area is 134 Å². The second kappa shape index (κ2) is 7.15. The zero-order valence-corrected chi connectivity index (χ0v) is 13.1. The van der Waals surface area contributed by atoms with E-state index < -0.39 is 0 Å². The highest BCUT2D eigenvalue weighted by Gasteiger charge is 2.14. The summed E-state index contributed by atoms with van der Waals surface area (Å²) in [4.78, 5) is 9.11. The molecule has 3 aromatic rings. The average Bonchev–Trinajstić information content (AvgIpc) is 2.97. The minimum absolute atomic E-state index is 0.0345. The van der Waals surface area contributed by atoms with Crippen LogP contribution in [0, 0.1) is 0 Å². The van der Waals surface area contributed by atoms with Gasteiger partial charge in [0, 0.05) is 13.0 Å². The van der Waals surface area contributed by atoms with Crippen molar-refractivity contribution in [1.29, 1.82) is 0 Å². The van der Waals surface area contributed by atoms with Gasteiger partial charge in [-0.25, -0.2) is 14.6 Å². The average molecular weight is 312 g/mol. The molecule has 3 rings (SSSR count). The van der Waals surface area contributed by atoms with Crippen molar-refractivity contribution in [1.82, 2.24) is 25.0 Å². The Bertz CT molecular complexity index is 771. The molecule has 1 aromatic carbocycles. The summed E-state index contributed by atoms with van der Waals surface area (Å²) in [5.74, 6) is 1.39. The Morgan fingerprint density at radius 2 is 2.00 bits per heavy atom. The largest absolute Gasteiger partial charge is 0.395 e. The smallest absolute Gasteiger partial charge is 0.184 e. The normalized spacial score (nSPS) is 11.0. The molecule has 0 aliphatic heterocycles. The van der Waals surface area contributed by atoms with Crippen molar-refractivity contribution >= 4 is 17.0 Å². The van der Waals surface area contributed by atoms with Gasteiger partial charge in [0.1, 0.15) is 5.82 Å². The standard InChI is InChI=1S/C16H20N6O/c1-2-6-13-18-15(17-9-10-23)14-16(19-13)22(21-20-14)11-12-7-4-3-5-8-12/h3-5,7-8,23H,2,6,9-11H2,1H3,(H,17,18,19). The first kappa shape index (κ1) is 15.4. The van der Waals surface area contributed by atoms with E-state index >= 15 is 0 Å². The molecule has 2 aromatic heterocycles. The number of aromatic nitrogens is 5. The third-order valence-electron chi connectivity index (χ3n) is 3.46. The highest BCUT2D eigenvalue weighted by atomic mass is 16.3. The van der Waals surface area contributed by atoms with Crippen molar-refractivity contribution < 1.29 is 5.11 Å². The molecule has 0 atom stereocenters. The lowest BCUT2D eigenvalue weighted by Gasteiger charge is -2.07. The fraction of sp³-hybridized carbons (Fsp3) is 0.375. The van der Waals surface area contributed by atoms with Crippen LogP contribution >= 0.6 is 0 Å². The van der Waals surface area contributed by atoms with Crippen molar-refractivity contribution in [2.24, 2.45) is 0 Å². The number of aliphatic hydroxyl groups excluding tert-OH is 1. The summed E-state index contributed by atoms with van der Waals surface area (Å²) in [5, 5.41) is 20.6. The van der Waals surface area contributed by atoms with Crippen molar-refractivity contribution in [3.05, 3.63) is 41.7 Å². The molecule has 120 valence electrons. The minimum atomic E-state index is 0.0345. The molecule has 0 saturated carbocycles. The van der Waals surface area contributed by atoms with E-state index in [2.05, 4.69) is 32.5 Å². The predicted molar refractivity (Wildman–Crippen MR) is 88.2 cm³/mol. The zero-order valence-electron chi connectivity index (χ0n) is 13.1. The number of fused-ring (bicyclic) bond motifs is 1. The number of nitrogens with zero attached hydrogens (tertiary/aromatic N) is 5. The topological polar surface area (TPSA) is 88.8 Å². The van der Waals surface area contributed by atoms with Gasteiger partial charge in [-0.2, -0.15) is 0 Å². The first-order valence-corrected chi connectivity index (χ1v) is 7.80.